The molecule has 96 valence electrons. The van der Waals surface area contributed by atoms with Gasteiger partial charge in [-0.25, -0.2) is 4.98 Å². The van der Waals surface area contributed by atoms with Gasteiger partial charge in [-0.05, 0) is 19.1 Å². The number of carbonyl (C=O) groups is 1. The number of thiazole rings is 1. The average molecular weight is 264 g/mol. The van der Waals surface area contributed by atoms with E-state index in [1.54, 1.807) is 30.2 Å². The summed E-state index contributed by atoms with van der Waals surface area (Å²) in [5.41, 5.74) is 0.984. The van der Waals surface area contributed by atoms with Crippen molar-refractivity contribution in [2.75, 3.05) is 14.2 Å². The molecule has 18 heavy (non-hydrogen) atoms. The zero-order valence-corrected chi connectivity index (χ0v) is 11.5. The lowest BCUT2D eigenvalue weighted by Crippen LogP contribution is -2.35. The minimum Gasteiger partial charge on any atom is -0.372 e. The van der Waals surface area contributed by atoms with E-state index >= 15 is 0 Å². The third kappa shape index (κ3) is 2.68. The number of nitrogens with zero attached hydrogens (tertiary/aromatic N) is 2. The van der Waals surface area contributed by atoms with E-state index in [0.29, 0.717) is 6.54 Å². The van der Waals surface area contributed by atoms with E-state index in [4.69, 9.17) is 4.74 Å². The Morgan fingerprint density at radius 1 is 1.50 bits per heavy atom. The van der Waals surface area contributed by atoms with Gasteiger partial charge in [-0.2, -0.15) is 0 Å². The number of aromatic nitrogens is 1. The van der Waals surface area contributed by atoms with Crippen molar-refractivity contribution in [1.29, 1.82) is 0 Å². The van der Waals surface area contributed by atoms with Crippen LogP contribution in [0.5, 0.6) is 0 Å². The van der Waals surface area contributed by atoms with Crippen molar-refractivity contribution in [2.24, 2.45) is 0 Å². The Labute approximate surface area is 110 Å². The lowest BCUT2D eigenvalue weighted by Gasteiger charge is -2.19. The van der Waals surface area contributed by atoms with Crippen molar-refractivity contribution in [3.63, 3.8) is 0 Å². The number of para-hydroxylation sites is 1. The van der Waals surface area contributed by atoms with Crippen LogP contribution in [0.25, 0.3) is 10.2 Å². The number of amides is 1. The Bertz CT molecular complexity index is 520. The fourth-order valence-corrected chi connectivity index (χ4v) is 2.70. The predicted octanol–water partition coefficient (Wildman–Crippen LogP) is 2.29. The molecule has 0 bridgehead atoms. The van der Waals surface area contributed by atoms with Gasteiger partial charge >= 0.3 is 0 Å². The molecule has 0 aliphatic carbocycles. The lowest BCUT2D eigenvalue weighted by atomic mass is 10.3. The highest BCUT2D eigenvalue weighted by Crippen LogP contribution is 2.22. The Hall–Kier alpha value is -1.46. The predicted molar refractivity (Wildman–Crippen MR) is 72.6 cm³/mol. The summed E-state index contributed by atoms with van der Waals surface area (Å²) in [6, 6.07) is 7.98. The summed E-state index contributed by atoms with van der Waals surface area (Å²) in [6.45, 7) is 2.27. The molecular formula is C13H16N2O2S. The van der Waals surface area contributed by atoms with E-state index < -0.39 is 6.10 Å². The number of likely N-dealkylation sites (N-methyl/N-ethyl adjacent to an activating group) is 1. The summed E-state index contributed by atoms with van der Waals surface area (Å²) in [5.74, 6) is -0.0308. The van der Waals surface area contributed by atoms with Crippen molar-refractivity contribution >= 4 is 27.5 Å². The summed E-state index contributed by atoms with van der Waals surface area (Å²) >= 11 is 1.62. The molecule has 0 radical (unpaired) electrons. The van der Waals surface area contributed by atoms with Crippen LogP contribution >= 0.6 is 11.3 Å². The van der Waals surface area contributed by atoms with Gasteiger partial charge in [0.15, 0.2) is 0 Å². The number of carbonyl (C=O) groups excluding carboxylic acids is 1. The van der Waals surface area contributed by atoms with Crippen LogP contribution in [0.2, 0.25) is 0 Å². The van der Waals surface area contributed by atoms with Gasteiger partial charge in [-0.3, -0.25) is 4.79 Å². The minimum absolute atomic E-state index is 0.0308. The average Bonchev–Trinajstić information content (AvgIpc) is 2.78. The van der Waals surface area contributed by atoms with Gasteiger partial charge in [0.25, 0.3) is 5.91 Å². The monoisotopic (exact) mass is 264 g/mol. The van der Waals surface area contributed by atoms with Crippen molar-refractivity contribution < 1.29 is 9.53 Å². The van der Waals surface area contributed by atoms with E-state index in [9.17, 15) is 4.79 Å². The molecule has 0 saturated heterocycles. The molecule has 1 aromatic heterocycles. The zero-order chi connectivity index (χ0) is 13.1. The number of rotatable bonds is 4. The van der Waals surface area contributed by atoms with E-state index in [-0.39, 0.29) is 5.91 Å². The van der Waals surface area contributed by atoms with Crippen LogP contribution in [0.3, 0.4) is 0 Å². The highest BCUT2D eigenvalue weighted by atomic mass is 32.1. The molecule has 0 aliphatic heterocycles. The first-order valence-corrected chi connectivity index (χ1v) is 6.55. The minimum atomic E-state index is -0.413. The maximum atomic E-state index is 11.9. The standard InChI is InChI=1S/C13H16N2O2S/c1-9(17-3)13(16)15(2)8-12-14-10-6-4-5-7-11(10)18-12/h4-7,9H,8H2,1-3H3. The number of benzene rings is 1. The molecule has 0 fully saturated rings. The first-order valence-electron chi connectivity index (χ1n) is 5.74. The molecule has 1 heterocycles. The second kappa shape index (κ2) is 5.46. The van der Waals surface area contributed by atoms with Crippen LogP contribution in [0.15, 0.2) is 24.3 Å². The van der Waals surface area contributed by atoms with Gasteiger partial charge in [0.05, 0.1) is 16.8 Å². The summed E-state index contributed by atoms with van der Waals surface area (Å²) in [6.07, 6.45) is -0.413. The second-order valence-corrected chi connectivity index (χ2v) is 5.26. The summed E-state index contributed by atoms with van der Waals surface area (Å²) in [5, 5.41) is 0.940. The third-order valence-corrected chi connectivity index (χ3v) is 3.81. The fraction of sp³-hybridized carbons (Fsp3) is 0.385. The molecule has 1 aromatic carbocycles. The zero-order valence-electron chi connectivity index (χ0n) is 10.7. The molecule has 1 unspecified atom stereocenters. The van der Waals surface area contributed by atoms with Crippen molar-refractivity contribution in [1.82, 2.24) is 9.88 Å². The number of fused-ring (bicyclic) bond motifs is 1. The van der Waals surface area contributed by atoms with E-state index in [1.807, 2.05) is 24.3 Å². The van der Waals surface area contributed by atoms with E-state index in [2.05, 4.69) is 4.98 Å². The fourth-order valence-electron chi connectivity index (χ4n) is 1.68. The van der Waals surface area contributed by atoms with Gasteiger partial charge in [0.2, 0.25) is 0 Å². The van der Waals surface area contributed by atoms with Crippen LogP contribution in [-0.4, -0.2) is 36.1 Å². The van der Waals surface area contributed by atoms with Gasteiger partial charge in [0, 0.05) is 14.2 Å². The largest absolute Gasteiger partial charge is 0.372 e. The number of methoxy groups -OCH3 is 1. The van der Waals surface area contributed by atoms with E-state index in [0.717, 1.165) is 15.2 Å². The normalized spacial score (nSPS) is 12.6. The molecule has 5 heteroatoms. The highest BCUT2D eigenvalue weighted by Gasteiger charge is 2.18. The van der Waals surface area contributed by atoms with Crippen molar-refractivity contribution in [3.8, 4) is 0 Å². The van der Waals surface area contributed by atoms with Gasteiger partial charge in [0.1, 0.15) is 11.1 Å². The molecule has 2 aromatic rings. The number of hydrogen-bond acceptors (Lipinski definition) is 4. The van der Waals surface area contributed by atoms with Gasteiger partial charge in [-0.1, -0.05) is 12.1 Å². The lowest BCUT2D eigenvalue weighted by molar-refractivity contribution is -0.140. The molecule has 0 spiro atoms. The van der Waals surface area contributed by atoms with Crippen LogP contribution in [0.1, 0.15) is 11.9 Å². The summed E-state index contributed by atoms with van der Waals surface area (Å²) < 4.78 is 6.17. The maximum absolute atomic E-state index is 11.9. The molecule has 1 amide bonds. The topological polar surface area (TPSA) is 42.4 Å². The maximum Gasteiger partial charge on any atom is 0.251 e. The number of hydrogen-bond donors (Lipinski definition) is 0. The summed E-state index contributed by atoms with van der Waals surface area (Å²) in [7, 11) is 3.30. The Kier molecular flexibility index (Phi) is 3.93. The SMILES string of the molecule is COC(C)C(=O)N(C)Cc1nc2ccccc2s1. The first-order chi connectivity index (χ1) is 8.61. The van der Waals surface area contributed by atoms with Crippen LogP contribution in [0, 0.1) is 0 Å². The molecule has 4 nitrogen and oxygen atoms in total. The molecule has 2 rings (SSSR count). The molecule has 0 saturated carbocycles. The van der Waals surface area contributed by atoms with Crippen LogP contribution in [-0.2, 0) is 16.1 Å². The van der Waals surface area contributed by atoms with Crippen LogP contribution in [0.4, 0.5) is 0 Å². The van der Waals surface area contributed by atoms with E-state index in [1.165, 1.54) is 7.11 Å². The highest BCUT2D eigenvalue weighted by molar-refractivity contribution is 7.18. The smallest absolute Gasteiger partial charge is 0.251 e. The Morgan fingerprint density at radius 2 is 2.22 bits per heavy atom. The second-order valence-electron chi connectivity index (χ2n) is 4.15. The third-order valence-electron chi connectivity index (χ3n) is 2.79. The first kappa shape index (κ1) is 13.0. The molecule has 0 aliphatic rings. The quantitative estimate of drug-likeness (QED) is 0.851. The molecule has 1 atom stereocenters. The van der Waals surface area contributed by atoms with Crippen LogP contribution < -0.4 is 0 Å². The summed E-state index contributed by atoms with van der Waals surface area (Å²) in [4.78, 5) is 18.0. The van der Waals surface area contributed by atoms with Crippen molar-refractivity contribution in [3.05, 3.63) is 29.3 Å². The van der Waals surface area contributed by atoms with Crippen molar-refractivity contribution in [2.45, 2.75) is 19.6 Å². The Balaban J connectivity index is 2.11. The molecule has 0 N–H and O–H groups in total. The van der Waals surface area contributed by atoms with Gasteiger partial charge < -0.3 is 9.64 Å². The van der Waals surface area contributed by atoms with Gasteiger partial charge in [-0.15, -0.1) is 11.3 Å². The number of ether oxygens (including phenoxy) is 1. The Morgan fingerprint density at radius 3 is 2.89 bits per heavy atom. The molecular weight excluding hydrogens is 248 g/mol.